The minimum absolute atomic E-state index is 0.0405. The van der Waals surface area contributed by atoms with Gasteiger partial charge in [-0.05, 0) is 36.2 Å². The van der Waals surface area contributed by atoms with Gasteiger partial charge in [0.1, 0.15) is 16.8 Å². The van der Waals surface area contributed by atoms with Crippen LogP contribution in [0.15, 0.2) is 63.3 Å². The van der Waals surface area contributed by atoms with Crippen molar-refractivity contribution in [2.45, 2.75) is 19.4 Å². The standard InChI is InChI=1S/C22H17N3O4S/c1-2-10-28-14-7-5-6-13(11-14)18-17-19(26)15-8-3-4-9-16(15)29-20(17)21(27)25(18)22-24-23-12-30-22/h3-9,11-12,18H,2,10H2,1H3/t18-/m1/s1. The van der Waals surface area contributed by atoms with Gasteiger partial charge >= 0.3 is 0 Å². The van der Waals surface area contributed by atoms with Crippen molar-refractivity contribution in [1.29, 1.82) is 0 Å². The van der Waals surface area contributed by atoms with E-state index in [1.54, 1.807) is 29.8 Å². The molecular formula is C22H17N3O4S. The van der Waals surface area contributed by atoms with Gasteiger partial charge in [-0.1, -0.05) is 42.5 Å². The summed E-state index contributed by atoms with van der Waals surface area (Å²) in [5.41, 5.74) is 2.76. The van der Waals surface area contributed by atoms with Crippen LogP contribution < -0.4 is 15.1 Å². The first-order chi connectivity index (χ1) is 14.7. The second-order valence-corrected chi connectivity index (χ2v) is 7.70. The summed E-state index contributed by atoms with van der Waals surface area (Å²) in [6.45, 7) is 2.61. The van der Waals surface area contributed by atoms with Gasteiger partial charge in [0.05, 0.1) is 23.6 Å². The summed E-state index contributed by atoms with van der Waals surface area (Å²) in [5, 5.41) is 8.79. The molecule has 0 saturated carbocycles. The van der Waals surface area contributed by atoms with Crippen LogP contribution in [0.1, 0.15) is 41.1 Å². The average molecular weight is 419 g/mol. The van der Waals surface area contributed by atoms with E-state index < -0.39 is 11.9 Å². The highest BCUT2D eigenvalue weighted by atomic mass is 32.1. The number of benzene rings is 2. The van der Waals surface area contributed by atoms with E-state index in [2.05, 4.69) is 10.2 Å². The lowest BCUT2D eigenvalue weighted by molar-refractivity contribution is 0.0970. The number of amides is 1. The quantitative estimate of drug-likeness (QED) is 0.482. The van der Waals surface area contributed by atoms with Crippen molar-refractivity contribution in [3.8, 4) is 5.75 Å². The number of aromatic nitrogens is 2. The third-order valence-electron chi connectivity index (χ3n) is 4.98. The monoisotopic (exact) mass is 419 g/mol. The van der Waals surface area contributed by atoms with Crippen molar-refractivity contribution in [2.75, 3.05) is 11.5 Å². The average Bonchev–Trinajstić information content (AvgIpc) is 3.39. The van der Waals surface area contributed by atoms with Crippen molar-refractivity contribution in [2.24, 2.45) is 0 Å². The third-order valence-corrected chi connectivity index (χ3v) is 5.67. The SMILES string of the molecule is CCCOc1cccc([C@@H]2c3c(oc4ccccc4c3=O)C(=O)N2c2nncs2)c1. The van der Waals surface area contributed by atoms with Gasteiger partial charge in [0, 0.05) is 0 Å². The minimum Gasteiger partial charge on any atom is -0.494 e. The molecule has 0 radical (unpaired) electrons. The van der Waals surface area contributed by atoms with Crippen LogP contribution in [-0.2, 0) is 0 Å². The van der Waals surface area contributed by atoms with E-state index >= 15 is 0 Å². The Morgan fingerprint density at radius 3 is 2.83 bits per heavy atom. The lowest BCUT2D eigenvalue weighted by Crippen LogP contribution is -2.29. The van der Waals surface area contributed by atoms with Crippen molar-refractivity contribution >= 4 is 33.3 Å². The van der Waals surface area contributed by atoms with Crippen LogP contribution >= 0.6 is 11.3 Å². The molecule has 0 N–H and O–H groups in total. The number of para-hydroxylation sites is 1. The van der Waals surface area contributed by atoms with Gasteiger partial charge in [-0.25, -0.2) is 0 Å². The van der Waals surface area contributed by atoms with Crippen molar-refractivity contribution in [1.82, 2.24) is 10.2 Å². The Morgan fingerprint density at radius 1 is 1.17 bits per heavy atom. The van der Waals surface area contributed by atoms with Crippen LogP contribution in [0, 0.1) is 0 Å². The summed E-state index contributed by atoms with van der Waals surface area (Å²) in [6.07, 6.45) is 0.876. The van der Waals surface area contributed by atoms with Crippen LogP contribution in [0.5, 0.6) is 5.75 Å². The maximum Gasteiger partial charge on any atom is 0.297 e. The molecule has 0 fully saturated rings. The Labute approximate surface area is 175 Å². The number of anilines is 1. The summed E-state index contributed by atoms with van der Waals surface area (Å²) in [7, 11) is 0. The number of carbonyl (C=O) groups excluding carboxylic acids is 1. The molecule has 1 atom stereocenters. The summed E-state index contributed by atoms with van der Waals surface area (Å²) in [5.74, 6) is 0.311. The molecule has 0 saturated heterocycles. The highest BCUT2D eigenvalue weighted by Crippen LogP contribution is 2.42. The number of hydrogen-bond donors (Lipinski definition) is 0. The molecule has 8 heteroatoms. The second-order valence-electron chi connectivity index (χ2n) is 6.89. The highest BCUT2D eigenvalue weighted by Gasteiger charge is 2.45. The number of carbonyl (C=O) groups is 1. The zero-order chi connectivity index (χ0) is 20.7. The topological polar surface area (TPSA) is 85.5 Å². The fourth-order valence-corrected chi connectivity index (χ4v) is 4.28. The molecule has 2 aromatic heterocycles. The number of hydrogen-bond acceptors (Lipinski definition) is 7. The van der Waals surface area contributed by atoms with Crippen molar-refractivity contribution < 1.29 is 13.9 Å². The molecule has 7 nitrogen and oxygen atoms in total. The summed E-state index contributed by atoms with van der Waals surface area (Å²) in [4.78, 5) is 28.2. The molecule has 0 unspecified atom stereocenters. The molecule has 1 aliphatic rings. The summed E-state index contributed by atoms with van der Waals surface area (Å²) in [6, 6.07) is 13.7. The zero-order valence-electron chi connectivity index (χ0n) is 16.1. The van der Waals surface area contributed by atoms with Gasteiger partial charge in [0.15, 0.2) is 5.43 Å². The lowest BCUT2D eigenvalue weighted by Gasteiger charge is -2.22. The fraction of sp³-hybridized carbons (Fsp3) is 0.182. The molecule has 0 spiro atoms. The first-order valence-corrected chi connectivity index (χ1v) is 10.4. The molecule has 4 aromatic rings. The largest absolute Gasteiger partial charge is 0.494 e. The molecule has 30 heavy (non-hydrogen) atoms. The van der Waals surface area contributed by atoms with E-state index in [0.717, 1.165) is 12.0 Å². The zero-order valence-corrected chi connectivity index (χ0v) is 16.9. The first-order valence-electron chi connectivity index (χ1n) is 9.57. The molecule has 150 valence electrons. The molecule has 3 heterocycles. The normalized spacial score (nSPS) is 15.6. The third kappa shape index (κ3) is 2.88. The smallest absolute Gasteiger partial charge is 0.297 e. The van der Waals surface area contributed by atoms with Gasteiger partial charge in [-0.2, -0.15) is 0 Å². The van der Waals surface area contributed by atoms with Crippen LogP contribution in [-0.4, -0.2) is 22.7 Å². The Kier molecular flexibility index (Phi) is 4.55. The van der Waals surface area contributed by atoms with Crippen LogP contribution in [0.25, 0.3) is 11.0 Å². The Bertz CT molecular complexity index is 1300. The van der Waals surface area contributed by atoms with Gasteiger partial charge in [-0.15, -0.1) is 10.2 Å². The second kappa shape index (κ2) is 7.38. The number of fused-ring (bicyclic) bond motifs is 2. The van der Waals surface area contributed by atoms with Gasteiger partial charge in [0.2, 0.25) is 10.9 Å². The first kappa shape index (κ1) is 18.5. The molecule has 1 amide bonds. The maximum atomic E-state index is 13.4. The number of ether oxygens (including phenoxy) is 1. The van der Waals surface area contributed by atoms with E-state index in [0.29, 0.717) is 34.0 Å². The Balaban J connectivity index is 1.75. The molecular weight excluding hydrogens is 402 g/mol. The molecule has 0 aliphatic carbocycles. The van der Waals surface area contributed by atoms with Crippen LogP contribution in [0.4, 0.5) is 5.13 Å². The molecule has 1 aliphatic heterocycles. The summed E-state index contributed by atoms with van der Waals surface area (Å²) >= 11 is 1.23. The molecule has 0 bridgehead atoms. The van der Waals surface area contributed by atoms with Gasteiger partial charge < -0.3 is 9.15 Å². The summed E-state index contributed by atoms with van der Waals surface area (Å²) < 4.78 is 11.7. The predicted octanol–water partition coefficient (Wildman–Crippen LogP) is 4.18. The lowest BCUT2D eigenvalue weighted by atomic mass is 9.98. The minimum atomic E-state index is -0.675. The van der Waals surface area contributed by atoms with Gasteiger partial charge in [-0.3, -0.25) is 14.5 Å². The Hall–Kier alpha value is -3.52. The van der Waals surface area contributed by atoms with E-state index in [-0.39, 0.29) is 11.2 Å². The van der Waals surface area contributed by atoms with Crippen molar-refractivity contribution in [3.63, 3.8) is 0 Å². The van der Waals surface area contributed by atoms with Crippen molar-refractivity contribution in [3.05, 3.63) is 81.2 Å². The van der Waals surface area contributed by atoms with E-state index in [1.165, 1.54) is 16.2 Å². The fourth-order valence-electron chi connectivity index (χ4n) is 3.70. The van der Waals surface area contributed by atoms with E-state index in [4.69, 9.17) is 9.15 Å². The Morgan fingerprint density at radius 2 is 2.03 bits per heavy atom. The van der Waals surface area contributed by atoms with E-state index in [9.17, 15) is 9.59 Å². The predicted molar refractivity (Wildman–Crippen MR) is 113 cm³/mol. The van der Waals surface area contributed by atoms with Crippen LogP contribution in [0.3, 0.4) is 0 Å². The van der Waals surface area contributed by atoms with Gasteiger partial charge in [0.25, 0.3) is 5.91 Å². The van der Waals surface area contributed by atoms with E-state index in [1.807, 2.05) is 31.2 Å². The molecule has 5 rings (SSSR count). The number of rotatable bonds is 5. The number of nitrogens with zero attached hydrogens (tertiary/aromatic N) is 3. The maximum absolute atomic E-state index is 13.4. The highest BCUT2D eigenvalue weighted by molar-refractivity contribution is 7.13. The van der Waals surface area contributed by atoms with Crippen LogP contribution in [0.2, 0.25) is 0 Å². The molecule has 2 aromatic carbocycles.